The number of aromatic nitrogens is 2. The van der Waals surface area contributed by atoms with Crippen molar-refractivity contribution < 1.29 is 9.59 Å². The fourth-order valence-corrected chi connectivity index (χ4v) is 2.81. The Morgan fingerprint density at radius 3 is 2.59 bits per heavy atom. The van der Waals surface area contributed by atoms with Crippen molar-refractivity contribution in [3.63, 3.8) is 0 Å². The zero-order valence-corrected chi connectivity index (χ0v) is 16.4. The monoisotopic (exact) mass is 367 g/mol. The highest BCUT2D eigenvalue weighted by Crippen LogP contribution is 2.26. The molecule has 0 atom stereocenters. The number of carbonyl (C=O) groups excluding carboxylic acids is 2. The molecule has 2 N–H and O–H groups in total. The summed E-state index contributed by atoms with van der Waals surface area (Å²) in [5.74, 6) is -0.0115. The summed E-state index contributed by atoms with van der Waals surface area (Å²) in [5, 5.41) is 15.5. The summed E-state index contributed by atoms with van der Waals surface area (Å²) in [7, 11) is 0. The Morgan fingerprint density at radius 2 is 1.93 bits per heavy atom. The second-order valence-corrected chi connectivity index (χ2v) is 7.91. The van der Waals surface area contributed by atoms with Crippen LogP contribution in [0.1, 0.15) is 50.4 Å². The number of rotatable bonds is 3. The van der Waals surface area contributed by atoms with Crippen LogP contribution in [0.4, 0.5) is 11.5 Å². The van der Waals surface area contributed by atoms with Crippen LogP contribution in [0.25, 0.3) is 0 Å². The lowest BCUT2D eigenvalue weighted by molar-refractivity contribution is -0.118. The van der Waals surface area contributed by atoms with Gasteiger partial charge >= 0.3 is 0 Å². The van der Waals surface area contributed by atoms with E-state index >= 15 is 0 Å². The van der Waals surface area contributed by atoms with Gasteiger partial charge in [-0.15, -0.1) is 0 Å². The molecule has 3 rings (SSSR count). The fourth-order valence-electron chi connectivity index (χ4n) is 2.81. The predicted octanol–water partition coefficient (Wildman–Crippen LogP) is 3.45. The van der Waals surface area contributed by atoms with E-state index in [1.165, 1.54) is 5.01 Å². The number of anilines is 2. The van der Waals surface area contributed by atoms with Gasteiger partial charge in [-0.25, -0.2) is 5.01 Å². The third-order valence-electron chi connectivity index (χ3n) is 4.52. The van der Waals surface area contributed by atoms with Crippen molar-refractivity contribution in [3.05, 3.63) is 41.1 Å². The molecule has 0 spiro atoms. The standard InChI is InChI=1S/C20H25N5O2/c1-12-6-7-13(2)15(10-12)25-18(26)9-8-14(24-25)19(27)21-17-11-16(22-23-17)20(3,4)5/h6-7,10-11H,8-9H2,1-5H3,(H2,21,22,23,27). The molecule has 0 aliphatic carbocycles. The third-order valence-corrected chi connectivity index (χ3v) is 4.52. The molecule has 1 aliphatic rings. The Kier molecular flexibility index (Phi) is 4.87. The number of hydrogen-bond acceptors (Lipinski definition) is 4. The number of H-pyrrole nitrogens is 1. The maximum Gasteiger partial charge on any atom is 0.273 e. The molecule has 2 aromatic rings. The van der Waals surface area contributed by atoms with Crippen molar-refractivity contribution in [3.8, 4) is 0 Å². The molecular formula is C20H25N5O2. The third kappa shape index (κ3) is 4.07. The summed E-state index contributed by atoms with van der Waals surface area (Å²) < 4.78 is 0. The first-order valence-corrected chi connectivity index (χ1v) is 9.00. The van der Waals surface area contributed by atoms with Crippen molar-refractivity contribution >= 4 is 29.0 Å². The smallest absolute Gasteiger partial charge is 0.273 e. The van der Waals surface area contributed by atoms with Crippen LogP contribution in [0.5, 0.6) is 0 Å². The predicted molar refractivity (Wildman–Crippen MR) is 106 cm³/mol. The quantitative estimate of drug-likeness (QED) is 0.870. The molecule has 0 bridgehead atoms. The molecule has 0 saturated carbocycles. The maximum absolute atomic E-state index is 12.6. The van der Waals surface area contributed by atoms with Gasteiger partial charge in [0, 0.05) is 30.0 Å². The average Bonchev–Trinajstić information content (AvgIpc) is 3.06. The van der Waals surface area contributed by atoms with Crippen LogP contribution in [0.3, 0.4) is 0 Å². The van der Waals surface area contributed by atoms with Gasteiger partial charge in [0.05, 0.1) is 5.69 Å². The molecule has 142 valence electrons. The number of nitrogens with one attached hydrogen (secondary N) is 2. The molecule has 0 radical (unpaired) electrons. The molecule has 0 saturated heterocycles. The maximum atomic E-state index is 12.6. The highest BCUT2D eigenvalue weighted by molar-refractivity contribution is 6.44. The van der Waals surface area contributed by atoms with Crippen LogP contribution in [-0.2, 0) is 15.0 Å². The molecular weight excluding hydrogens is 342 g/mol. The summed E-state index contributed by atoms with van der Waals surface area (Å²) in [5.41, 5.74) is 3.82. The summed E-state index contributed by atoms with van der Waals surface area (Å²) in [6.07, 6.45) is 0.552. The first-order chi connectivity index (χ1) is 12.6. The van der Waals surface area contributed by atoms with Crippen molar-refractivity contribution in [2.24, 2.45) is 5.10 Å². The van der Waals surface area contributed by atoms with Crippen LogP contribution < -0.4 is 10.3 Å². The SMILES string of the molecule is Cc1ccc(C)c(N2N=C(C(=O)Nc3cc(C(C)(C)C)[nH]n3)CCC2=O)c1. The summed E-state index contributed by atoms with van der Waals surface area (Å²) in [4.78, 5) is 25.0. The van der Waals surface area contributed by atoms with Crippen LogP contribution in [0.15, 0.2) is 29.4 Å². The van der Waals surface area contributed by atoms with E-state index in [0.29, 0.717) is 23.6 Å². The molecule has 1 aromatic heterocycles. The van der Waals surface area contributed by atoms with Gasteiger partial charge in [-0.05, 0) is 31.0 Å². The van der Waals surface area contributed by atoms with Crippen LogP contribution in [0.2, 0.25) is 0 Å². The fraction of sp³-hybridized carbons (Fsp3) is 0.400. The van der Waals surface area contributed by atoms with Gasteiger partial charge in [0.1, 0.15) is 5.71 Å². The van der Waals surface area contributed by atoms with E-state index < -0.39 is 0 Å². The van der Waals surface area contributed by atoms with Crippen molar-refractivity contribution in [2.45, 2.75) is 52.9 Å². The Hall–Kier alpha value is -2.96. The normalized spacial score (nSPS) is 14.9. The van der Waals surface area contributed by atoms with Gasteiger partial charge in [-0.2, -0.15) is 10.2 Å². The number of aryl methyl sites for hydroxylation is 2. The number of benzene rings is 1. The topological polar surface area (TPSA) is 90.4 Å². The van der Waals surface area contributed by atoms with E-state index in [0.717, 1.165) is 16.8 Å². The molecule has 1 aromatic carbocycles. The molecule has 27 heavy (non-hydrogen) atoms. The lowest BCUT2D eigenvalue weighted by Crippen LogP contribution is -2.36. The number of carbonyl (C=O) groups is 2. The lowest BCUT2D eigenvalue weighted by Gasteiger charge is -2.24. The van der Waals surface area contributed by atoms with Crippen LogP contribution in [-0.4, -0.2) is 27.7 Å². The second-order valence-electron chi connectivity index (χ2n) is 7.91. The van der Waals surface area contributed by atoms with E-state index in [9.17, 15) is 9.59 Å². The Morgan fingerprint density at radius 1 is 1.19 bits per heavy atom. The summed E-state index contributed by atoms with van der Waals surface area (Å²) in [6, 6.07) is 7.64. The Labute approximate surface area is 158 Å². The van der Waals surface area contributed by atoms with Gasteiger partial charge in [-0.3, -0.25) is 14.7 Å². The number of hydrazone groups is 1. The van der Waals surface area contributed by atoms with E-state index in [1.54, 1.807) is 0 Å². The van der Waals surface area contributed by atoms with Gasteiger partial charge < -0.3 is 5.32 Å². The number of hydrogen-bond donors (Lipinski definition) is 2. The van der Waals surface area contributed by atoms with Gasteiger partial charge in [0.2, 0.25) is 5.91 Å². The van der Waals surface area contributed by atoms with Crippen LogP contribution in [0, 0.1) is 13.8 Å². The Balaban J connectivity index is 1.83. The van der Waals surface area contributed by atoms with Crippen molar-refractivity contribution in [2.75, 3.05) is 10.3 Å². The highest BCUT2D eigenvalue weighted by atomic mass is 16.2. The zero-order valence-electron chi connectivity index (χ0n) is 16.4. The van der Waals surface area contributed by atoms with Crippen LogP contribution >= 0.6 is 0 Å². The minimum absolute atomic E-state index is 0.0930. The molecule has 2 amide bonds. The molecule has 0 fully saturated rings. The highest BCUT2D eigenvalue weighted by Gasteiger charge is 2.27. The average molecular weight is 367 g/mol. The number of aromatic amines is 1. The molecule has 0 unspecified atom stereocenters. The molecule has 7 nitrogen and oxygen atoms in total. The van der Waals surface area contributed by atoms with E-state index in [4.69, 9.17) is 0 Å². The number of nitrogens with zero attached hydrogens (tertiary/aromatic N) is 3. The summed E-state index contributed by atoms with van der Waals surface area (Å²) in [6.45, 7) is 10.1. The first-order valence-electron chi connectivity index (χ1n) is 9.00. The molecule has 2 heterocycles. The van der Waals surface area contributed by atoms with E-state index in [2.05, 4.69) is 41.4 Å². The van der Waals surface area contributed by atoms with Gasteiger partial charge in [0.25, 0.3) is 5.91 Å². The minimum atomic E-state index is -0.343. The summed E-state index contributed by atoms with van der Waals surface area (Å²) >= 11 is 0. The van der Waals surface area contributed by atoms with E-state index in [1.807, 2.05) is 38.1 Å². The largest absolute Gasteiger partial charge is 0.304 e. The van der Waals surface area contributed by atoms with Crippen molar-refractivity contribution in [1.82, 2.24) is 10.2 Å². The van der Waals surface area contributed by atoms with Gasteiger partial charge in [-0.1, -0.05) is 32.9 Å². The molecule has 7 heteroatoms. The first kappa shape index (κ1) is 18.8. The molecule has 1 aliphatic heterocycles. The second kappa shape index (κ2) is 6.98. The minimum Gasteiger partial charge on any atom is -0.304 e. The Bertz CT molecular complexity index is 921. The van der Waals surface area contributed by atoms with Gasteiger partial charge in [0.15, 0.2) is 5.82 Å². The zero-order chi connectivity index (χ0) is 19.8. The van der Waals surface area contributed by atoms with Crippen molar-refractivity contribution in [1.29, 1.82) is 0 Å². The lowest BCUT2D eigenvalue weighted by atomic mass is 9.92. The van der Waals surface area contributed by atoms with E-state index in [-0.39, 0.29) is 23.7 Å². The number of amides is 2.